The number of esters is 1. The molecule has 1 aromatic carbocycles. The highest BCUT2D eigenvalue weighted by atomic mass is 32.1. The molecule has 0 saturated carbocycles. The number of carbonyl (C=O) groups excluding carboxylic acids is 2. The Balaban J connectivity index is 1.50. The molecule has 138 valence electrons. The zero-order chi connectivity index (χ0) is 19.1. The van der Waals surface area contributed by atoms with E-state index in [9.17, 15) is 9.59 Å². The molecule has 0 radical (unpaired) electrons. The van der Waals surface area contributed by atoms with Crippen molar-refractivity contribution in [3.8, 4) is 0 Å². The zero-order valence-corrected chi connectivity index (χ0v) is 15.8. The van der Waals surface area contributed by atoms with E-state index in [1.165, 1.54) is 11.3 Å². The summed E-state index contributed by atoms with van der Waals surface area (Å²) in [6, 6.07) is 16.2. The third-order valence-corrected chi connectivity index (χ3v) is 4.73. The van der Waals surface area contributed by atoms with Crippen LogP contribution >= 0.6 is 11.3 Å². The first-order valence-electron chi connectivity index (χ1n) is 8.66. The van der Waals surface area contributed by atoms with Crippen LogP contribution in [0.5, 0.6) is 0 Å². The lowest BCUT2D eigenvalue weighted by atomic mass is 10.2. The van der Waals surface area contributed by atoms with E-state index in [0.29, 0.717) is 29.2 Å². The number of thiophene rings is 1. The number of ether oxygens (including phenoxy) is 1. The molecule has 3 rings (SSSR count). The molecule has 0 unspecified atom stereocenters. The number of anilines is 1. The number of aromatic nitrogens is 1. The van der Waals surface area contributed by atoms with Crippen molar-refractivity contribution in [2.45, 2.75) is 19.8 Å². The fraction of sp³-hybridized carbons (Fsp3) is 0.190. The lowest BCUT2D eigenvalue weighted by Crippen LogP contribution is -2.12. The van der Waals surface area contributed by atoms with Gasteiger partial charge in [0.05, 0.1) is 17.0 Å². The number of carbonyl (C=O) groups is 2. The van der Waals surface area contributed by atoms with Gasteiger partial charge in [0.2, 0.25) is 0 Å². The van der Waals surface area contributed by atoms with Crippen molar-refractivity contribution in [3.05, 3.63) is 81.8 Å². The monoisotopic (exact) mass is 380 g/mol. The Hall–Kier alpha value is -2.99. The van der Waals surface area contributed by atoms with E-state index >= 15 is 0 Å². The van der Waals surface area contributed by atoms with Gasteiger partial charge in [0.25, 0.3) is 5.91 Å². The van der Waals surface area contributed by atoms with Crippen LogP contribution in [0.2, 0.25) is 0 Å². The van der Waals surface area contributed by atoms with E-state index in [-0.39, 0.29) is 5.91 Å². The molecule has 1 N–H and O–H groups in total. The average molecular weight is 380 g/mol. The van der Waals surface area contributed by atoms with Crippen molar-refractivity contribution in [2.24, 2.45) is 0 Å². The van der Waals surface area contributed by atoms with Crippen LogP contribution < -0.4 is 5.32 Å². The number of pyridine rings is 1. The first-order valence-corrected chi connectivity index (χ1v) is 9.54. The summed E-state index contributed by atoms with van der Waals surface area (Å²) in [6.45, 7) is 2.27. The maximum atomic E-state index is 12.2. The number of nitrogens with one attached hydrogen (secondary N) is 1. The van der Waals surface area contributed by atoms with E-state index in [2.05, 4.69) is 10.3 Å². The second-order valence-electron chi connectivity index (χ2n) is 6.02. The molecule has 0 fully saturated rings. The van der Waals surface area contributed by atoms with Gasteiger partial charge in [-0.1, -0.05) is 18.2 Å². The van der Waals surface area contributed by atoms with Crippen LogP contribution in [0.1, 0.15) is 37.8 Å². The summed E-state index contributed by atoms with van der Waals surface area (Å²) < 4.78 is 5.33. The van der Waals surface area contributed by atoms with Crippen LogP contribution in [0, 0.1) is 6.92 Å². The van der Waals surface area contributed by atoms with Crippen molar-refractivity contribution < 1.29 is 14.3 Å². The van der Waals surface area contributed by atoms with Crippen LogP contribution in [-0.2, 0) is 11.2 Å². The van der Waals surface area contributed by atoms with Gasteiger partial charge < -0.3 is 10.1 Å². The Labute approximate surface area is 162 Å². The van der Waals surface area contributed by atoms with Crippen molar-refractivity contribution >= 4 is 28.9 Å². The summed E-state index contributed by atoms with van der Waals surface area (Å²) in [6.07, 6.45) is 1.46. The molecule has 3 aromatic rings. The molecular formula is C21H20N2O3S. The van der Waals surface area contributed by atoms with Crippen molar-refractivity contribution in [1.82, 2.24) is 4.98 Å². The van der Waals surface area contributed by atoms with Crippen molar-refractivity contribution in [1.29, 1.82) is 0 Å². The zero-order valence-electron chi connectivity index (χ0n) is 15.0. The molecule has 27 heavy (non-hydrogen) atoms. The van der Waals surface area contributed by atoms with Gasteiger partial charge in [-0.3, -0.25) is 9.78 Å². The number of amides is 1. The number of aryl methyl sites for hydroxylation is 2. The third-order valence-electron chi connectivity index (χ3n) is 3.86. The Morgan fingerprint density at radius 2 is 1.96 bits per heavy atom. The minimum Gasteiger partial charge on any atom is -0.462 e. The molecule has 2 heterocycles. The van der Waals surface area contributed by atoms with E-state index in [4.69, 9.17) is 4.74 Å². The van der Waals surface area contributed by atoms with Gasteiger partial charge in [-0.05, 0) is 61.5 Å². The minimum absolute atomic E-state index is 0.193. The van der Waals surface area contributed by atoms with Gasteiger partial charge >= 0.3 is 5.97 Å². The number of hydrogen-bond acceptors (Lipinski definition) is 5. The van der Waals surface area contributed by atoms with Crippen LogP contribution in [-0.4, -0.2) is 23.5 Å². The number of nitrogens with zero attached hydrogens (tertiary/aromatic N) is 1. The van der Waals surface area contributed by atoms with Gasteiger partial charge in [-0.15, -0.1) is 11.3 Å². The van der Waals surface area contributed by atoms with Crippen LogP contribution in [0.4, 0.5) is 5.69 Å². The van der Waals surface area contributed by atoms with E-state index in [1.807, 2.05) is 36.6 Å². The predicted molar refractivity (Wildman–Crippen MR) is 106 cm³/mol. The Kier molecular flexibility index (Phi) is 6.33. The number of rotatable bonds is 7. The van der Waals surface area contributed by atoms with Crippen molar-refractivity contribution in [2.75, 3.05) is 11.9 Å². The van der Waals surface area contributed by atoms with Gasteiger partial charge in [0.1, 0.15) is 0 Å². The summed E-state index contributed by atoms with van der Waals surface area (Å²) in [4.78, 5) is 29.4. The van der Waals surface area contributed by atoms with E-state index < -0.39 is 5.97 Å². The predicted octanol–water partition coefficient (Wildman–Crippen LogP) is 4.49. The van der Waals surface area contributed by atoms with Crippen LogP contribution in [0.3, 0.4) is 0 Å². The van der Waals surface area contributed by atoms with Gasteiger partial charge in [0, 0.05) is 17.1 Å². The fourth-order valence-electron chi connectivity index (χ4n) is 2.56. The van der Waals surface area contributed by atoms with Gasteiger partial charge in [-0.2, -0.15) is 0 Å². The first kappa shape index (κ1) is 18.8. The molecule has 0 saturated heterocycles. The molecular weight excluding hydrogens is 360 g/mol. The molecule has 0 aliphatic carbocycles. The summed E-state index contributed by atoms with van der Waals surface area (Å²) in [5.41, 5.74) is 2.94. The maximum absolute atomic E-state index is 12.2. The second-order valence-corrected chi connectivity index (χ2v) is 6.97. The summed E-state index contributed by atoms with van der Waals surface area (Å²) in [7, 11) is 0. The van der Waals surface area contributed by atoms with Crippen LogP contribution in [0.15, 0.2) is 60.0 Å². The first-order chi connectivity index (χ1) is 13.1. The second kappa shape index (κ2) is 9.09. The Morgan fingerprint density at radius 1 is 1.11 bits per heavy atom. The van der Waals surface area contributed by atoms with E-state index in [0.717, 1.165) is 17.8 Å². The molecule has 0 aliphatic rings. The van der Waals surface area contributed by atoms with Gasteiger partial charge in [-0.25, -0.2) is 4.79 Å². The molecule has 0 bridgehead atoms. The quantitative estimate of drug-likeness (QED) is 0.484. The normalized spacial score (nSPS) is 10.4. The molecule has 0 atom stereocenters. The largest absolute Gasteiger partial charge is 0.462 e. The third kappa shape index (κ3) is 5.49. The molecule has 1 amide bonds. The molecule has 0 spiro atoms. The Morgan fingerprint density at radius 3 is 2.74 bits per heavy atom. The summed E-state index contributed by atoms with van der Waals surface area (Å²) in [5.74, 6) is -0.597. The highest BCUT2D eigenvalue weighted by Gasteiger charge is 2.11. The number of hydrogen-bond donors (Lipinski definition) is 1. The molecule has 0 aliphatic heterocycles. The summed E-state index contributed by atoms with van der Waals surface area (Å²) >= 11 is 1.36. The SMILES string of the molecule is Cc1cccc(CCCOC(=O)c2cccc(NC(=O)c3cccs3)c2)n1. The number of benzene rings is 1. The highest BCUT2D eigenvalue weighted by molar-refractivity contribution is 7.12. The van der Waals surface area contributed by atoms with E-state index in [1.54, 1.807) is 30.3 Å². The fourth-order valence-corrected chi connectivity index (χ4v) is 3.18. The maximum Gasteiger partial charge on any atom is 0.338 e. The molecule has 6 heteroatoms. The average Bonchev–Trinajstić information content (AvgIpc) is 3.20. The highest BCUT2D eigenvalue weighted by Crippen LogP contribution is 2.15. The lowest BCUT2D eigenvalue weighted by molar-refractivity contribution is 0.0500. The summed E-state index contributed by atoms with van der Waals surface area (Å²) in [5, 5.41) is 4.63. The lowest BCUT2D eigenvalue weighted by Gasteiger charge is -2.08. The van der Waals surface area contributed by atoms with Crippen LogP contribution in [0.25, 0.3) is 0 Å². The van der Waals surface area contributed by atoms with Crippen molar-refractivity contribution in [3.63, 3.8) is 0 Å². The smallest absolute Gasteiger partial charge is 0.338 e. The van der Waals surface area contributed by atoms with Gasteiger partial charge in [0.15, 0.2) is 0 Å². The molecule has 5 nitrogen and oxygen atoms in total. The minimum atomic E-state index is -0.403. The Bertz CT molecular complexity index is 923. The standard InChI is InChI=1S/C21H20N2O3S/c1-15-6-2-8-17(22-15)10-4-12-26-21(25)16-7-3-9-18(14-16)23-20(24)19-11-5-13-27-19/h2-3,5-9,11,13-14H,4,10,12H2,1H3,(H,23,24). The topological polar surface area (TPSA) is 68.3 Å². The molecule has 2 aromatic heterocycles.